The lowest BCUT2D eigenvalue weighted by atomic mass is 9.95. The maximum atomic E-state index is 13.2. The van der Waals surface area contributed by atoms with Crippen molar-refractivity contribution in [2.45, 2.75) is 12.5 Å². The van der Waals surface area contributed by atoms with Gasteiger partial charge in [0.05, 0.1) is 18.7 Å². The summed E-state index contributed by atoms with van der Waals surface area (Å²) in [4.78, 5) is 28.0. The lowest BCUT2D eigenvalue weighted by molar-refractivity contribution is -0.139. The molecule has 1 atom stereocenters. The van der Waals surface area contributed by atoms with Gasteiger partial charge in [0.1, 0.15) is 24.7 Å². The summed E-state index contributed by atoms with van der Waals surface area (Å²) in [6, 6.07) is 21.2. The van der Waals surface area contributed by atoms with E-state index < -0.39 is 17.7 Å². The van der Waals surface area contributed by atoms with Crippen LogP contribution in [0.15, 0.2) is 78.4 Å². The van der Waals surface area contributed by atoms with Gasteiger partial charge in [-0.1, -0.05) is 42.5 Å². The molecule has 3 aromatic rings. The summed E-state index contributed by atoms with van der Waals surface area (Å²) in [6.07, 6.45) is 0.574. The van der Waals surface area contributed by atoms with Crippen LogP contribution in [0.25, 0.3) is 5.76 Å². The number of carbonyl (C=O) groups is 2. The molecular weight excluding hydrogens is 446 g/mol. The molecule has 2 heterocycles. The number of aliphatic hydroxyl groups excluding tert-OH is 1. The molecule has 1 saturated heterocycles. The summed E-state index contributed by atoms with van der Waals surface area (Å²) in [7, 11) is 1.57. The van der Waals surface area contributed by atoms with Crippen molar-refractivity contribution in [1.29, 1.82) is 0 Å². The summed E-state index contributed by atoms with van der Waals surface area (Å²) in [5.74, 6) is 0.111. The SMILES string of the molecule is COc1ccc([C@@H]2/C(=C(\O)c3ccc4c(c3)OCCO4)C(=O)C(=O)N2CCc2ccccc2)cc1. The van der Waals surface area contributed by atoms with Gasteiger partial charge in [-0.05, 0) is 47.9 Å². The molecule has 1 N–H and O–H groups in total. The van der Waals surface area contributed by atoms with Crippen LogP contribution in [0.4, 0.5) is 0 Å². The average Bonchev–Trinajstić information content (AvgIpc) is 3.16. The van der Waals surface area contributed by atoms with Gasteiger partial charge in [-0.25, -0.2) is 0 Å². The second kappa shape index (κ2) is 9.54. The molecule has 2 aliphatic heterocycles. The Hall–Kier alpha value is -4.26. The fourth-order valence-electron chi connectivity index (χ4n) is 4.48. The van der Waals surface area contributed by atoms with Crippen LogP contribution in [0.2, 0.25) is 0 Å². The van der Waals surface area contributed by atoms with Crippen LogP contribution >= 0.6 is 0 Å². The number of Topliss-reactive ketones (excluding diaryl/α,β-unsaturated/α-hetero) is 1. The van der Waals surface area contributed by atoms with Gasteiger partial charge >= 0.3 is 0 Å². The maximum Gasteiger partial charge on any atom is 0.295 e. The highest BCUT2D eigenvalue weighted by Crippen LogP contribution is 2.41. The minimum Gasteiger partial charge on any atom is -0.507 e. The van der Waals surface area contributed by atoms with Crippen molar-refractivity contribution in [3.63, 3.8) is 0 Å². The number of carbonyl (C=O) groups excluding carboxylic acids is 2. The fourth-order valence-corrected chi connectivity index (χ4v) is 4.48. The molecule has 1 fully saturated rings. The molecule has 0 aromatic heterocycles. The molecule has 0 unspecified atom stereocenters. The Morgan fingerprint density at radius 2 is 1.69 bits per heavy atom. The molecule has 0 spiro atoms. The molecule has 7 heteroatoms. The molecule has 3 aromatic carbocycles. The van der Waals surface area contributed by atoms with E-state index in [1.807, 2.05) is 42.5 Å². The quantitative estimate of drug-likeness (QED) is 0.331. The highest BCUT2D eigenvalue weighted by Gasteiger charge is 2.45. The number of fused-ring (bicyclic) bond motifs is 1. The largest absolute Gasteiger partial charge is 0.507 e. The van der Waals surface area contributed by atoms with Gasteiger partial charge in [-0.2, -0.15) is 0 Å². The van der Waals surface area contributed by atoms with Gasteiger partial charge in [0.2, 0.25) is 0 Å². The fraction of sp³-hybridized carbons (Fsp3) is 0.214. The van der Waals surface area contributed by atoms with Gasteiger partial charge in [0.15, 0.2) is 11.5 Å². The van der Waals surface area contributed by atoms with E-state index in [1.165, 1.54) is 4.90 Å². The number of rotatable bonds is 6. The van der Waals surface area contributed by atoms with Crippen LogP contribution in [0.1, 0.15) is 22.7 Å². The smallest absolute Gasteiger partial charge is 0.295 e. The number of benzene rings is 3. The average molecular weight is 472 g/mol. The predicted molar refractivity (Wildman–Crippen MR) is 130 cm³/mol. The van der Waals surface area contributed by atoms with Crippen LogP contribution in [-0.4, -0.2) is 48.6 Å². The molecule has 7 nitrogen and oxygen atoms in total. The normalized spacial score (nSPS) is 18.5. The van der Waals surface area contributed by atoms with Gasteiger partial charge in [-0.15, -0.1) is 0 Å². The van der Waals surface area contributed by atoms with Crippen LogP contribution in [0.3, 0.4) is 0 Å². The van der Waals surface area contributed by atoms with Gasteiger partial charge in [0.25, 0.3) is 11.7 Å². The summed E-state index contributed by atoms with van der Waals surface area (Å²) in [6.45, 7) is 1.17. The molecular formula is C28H25NO6. The molecule has 0 radical (unpaired) electrons. The summed E-state index contributed by atoms with van der Waals surface area (Å²) < 4.78 is 16.5. The zero-order valence-corrected chi connectivity index (χ0v) is 19.3. The van der Waals surface area contributed by atoms with E-state index in [2.05, 4.69) is 0 Å². The molecule has 178 valence electrons. The maximum absolute atomic E-state index is 13.2. The number of ether oxygens (including phenoxy) is 3. The Kier molecular flexibility index (Phi) is 6.14. The van der Waals surface area contributed by atoms with E-state index in [4.69, 9.17) is 14.2 Å². The summed E-state index contributed by atoms with van der Waals surface area (Å²) in [5.41, 5.74) is 2.19. The number of aliphatic hydroxyl groups is 1. The zero-order valence-electron chi connectivity index (χ0n) is 19.3. The second-order valence-corrected chi connectivity index (χ2v) is 8.36. The van der Waals surface area contributed by atoms with E-state index >= 15 is 0 Å². The lowest BCUT2D eigenvalue weighted by Crippen LogP contribution is -2.31. The third-order valence-corrected chi connectivity index (χ3v) is 6.27. The van der Waals surface area contributed by atoms with Crippen molar-refractivity contribution in [3.8, 4) is 17.2 Å². The van der Waals surface area contributed by atoms with E-state index in [1.54, 1.807) is 37.4 Å². The van der Waals surface area contributed by atoms with Crippen LogP contribution in [-0.2, 0) is 16.0 Å². The van der Waals surface area contributed by atoms with Gasteiger partial charge < -0.3 is 24.2 Å². The minimum atomic E-state index is -0.738. The number of hydrogen-bond acceptors (Lipinski definition) is 6. The van der Waals surface area contributed by atoms with Crippen molar-refractivity contribution >= 4 is 17.4 Å². The first-order valence-corrected chi connectivity index (χ1v) is 11.4. The van der Waals surface area contributed by atoms with Gasteiger partial charge in [-0.3, -0.25) is 9.59 Å². The molecule has 1 amide bonds. The number of ketones is 1. The Bertz CT molecular complexity index is 1280. The van der Waals surface area contributed by atoms with Crippen molar-refractivity contribution in [1.82, 2.24) is 4.90 Å². The Morgan fingerprint density at radius 1 is 0.971 bits per heavy atom. The number of nitrogens with zero attached hydrogens (tertiary/aromatic N) is 1. The van der Waals surface area contributed by atoms with Crippen LogP contribution in [0, 0.1) is 0 Å². The van der Waals surface area contributed by atoms with E-state index in [0.29, 0.717) is 54.6 Å². The van der Waals surface area contributed by atoms with Crippen LogP contribution < -0.4 is 14.2 Å². The monoisotopic (exact) mass is 471 g/mol. The molecule has 2 aliphatic rings. The van der Waals surface area contributed by atoms with Crippen molar-refractivity contribution in [2.24, 2.45) is 0 Å². The molecule has 0 aliphatic carbocycles. The van der Waals surface area contributed by atoms with E-state index in [-0.39, 0.29) is 11.3 Å². The van der Waals surface area contributed by atoms with Crippen molar-refractivity contribution in [3.05, 3.63) is 95.1 Å². The Balaban J connectivity index is 1.57. The third-order valence-electron chi connectivity index (χ3n) is 6.27. The number of amides is 1. The Labute approximate surface area is 203 Å². The van der Waals surface area contributed by atoms with Crippen molar-refractivity contribution < 1.29 is 28.9 Å². The van der Waals surface area contributed by atoms with Crippen molar-refractivity contribution in [2.75, 3.05) is 26.9 Å². The number of likely N-dealkylation sites (tertiary alicyclic amines) is 1. The molecule has 0 saturated carbocycles. The predicted octanol–water partition coefficient (Wildman–Crippen LogP) is 4.13. The number of methoxy groups -OCH3 is 1. The second-order valence-electron chi connectivity index (χ2n) is 8.36. The lowest BCUT2D eigenvalue weighted by Gasteiger charge is -2.25. The first-order chi connectivity index (χ1) is 17.1. The summed E-state index contributed by atoms with van der Waals surface area (Å²) >= 11 is 0. The van der Waals surface area contributed by atoms with E-state index in [9.17, 15) is 14.7 Å². The first kappa shape index (κ1) is 22.5. The molecule has 35 heavy (non-hydrogen) atoms. The number of hydrogen-bond donors (Lipinski definition) is 1. The topological polar surface area (TPSA) is 85.3 Å². The van der Waals surface area contributed by atoms with Gasteiger partial charge in [0, 0.05) is 12.1 Å². The third kappa shape index (κ3) is 4.33. The Morgan fingerprint density at radius 3 is 2.40 bits per heavy atom. The van der Waals surface area contributed by atoms with E-state index in [0.717, 1.165) is 5.56 Å². The molecule has 0 bridgehead atoms. The standard InChI is InChI=1S/C28H25NO6/c1-33-21-10-7-19(8-11-21)25-24(26(30)20-9-12-22-23(17-20)35-16-15-34-22)27(31)28(32)29(25)14-13-18-5-3-2-4-6-18/h2-12,17,25,30H,13-16H2,1H3/b26-24+/t25-/m1/s1. The van der Waals surface area contributed by atoms with Crippen LogP contribution in [0.5, 0.6) is 17.2 Å². The highest BCUT2D eigenvalue weighted by molar-refractivity contribution is 6.46. The first-order valence-electron chi connectivity index (χ1n) is 11.4. The zero-order chi connectivity index (χ0) is 24.4. The minimum absolute atomic E-state index is 0.0462. The highest BCUT2D eigenvalue weighted by atomic mass is 16.6. The summed E-state index contributed by atoms with van der Waals surface area (Å²) in [5, 5.41) is 11.3. The molecule has 5 rings (SSSR count).